The molecule has 0 spiro atoms. The van der Waals surface area contributed by atoms with E-state index in [0.717, 1.165) is 23.3 Å². The molecule has 1 fully saturated rings. The van der Waals surface area contributed by atoms with Gasteiger partial charge >= 0.3 is 5.76 Å². The van der Waals surface area contributed by atoms with E-state index in [0.29, 0.717) is 37.0 Å². The van der Waals surface area contributed by atoms with Crippen LogP contribution in [0.15, 0.2) is 55.9 Å². The van der Waals surface area contributed by atoms with Crippen LogP contribution in [0.25, 0.3) is 10.8 Å². The fourth-order valence-electron chi connectivity index (χ4n) is 3.46. The molecular formula is C20H24N4O4S2. The number of nitrogens with zero attached hydrogens (tertiary/aromatic N) is 4. The first-order valence-corrected chi connectivity index (χ1v) is 12.2. The van der Waals surface area contributed by atoms with Gasteiger partial charge in [-0.1, -0.05) is 31.5 Å². The lowest BCUT2D eigenvalue weighted by Crippen LogP contribution is -2.49. The molecule has 10 heteroatoms. The number of rotatable bonds is 7. The predicted molar refractivity (Wildman–Crippen MR) is 115 cm³/mol. The standard InChI is InChI=1S/C20H24N4O4S2/c1-2-4-16-6-8-17(9-7-16)30(26,27)23-12-10-22(11-13-23)15-24-20(25)28-19(21-24)18-5-3-14-29-18/h3,5-9,14H,2,4,10-13,15H2,1H3. The van der Waals surface area contributed by atoms with Crippen LogP contribution >= 0.6 is 11.3 Å². The van der Waals surface area contributed by atoms with Crippen molar-refractivity contribution >= 4 is 21.4 Å². The molecule has 160 valence electrons. The number of hydrogen-bond donors (Lipinski definition) is 0. The van der Waals surface area contributed by atoms with Crippen LogP contribution in [0, 0.1) is 0 Å². The summed E-state index contributed by atoms with van der Waals surface area (Å²) in [6.45, 7) is 4.13. The zero-order chi connectivity index (χ0) is 21.1. The van der Waals surface area contributed by atoms with Crippen molar-refractivity contribution in [2.24, 2.45) is 0 Å². The van der Waals surface area contributed by atoms with E-state index in [9.17, 15) is 13.2 Å². The zero-order valence-corrected chi connectivity index (χ0v) is 18.4. The molecule has 30 heavy (non-hydrogen) atoms. The first-order valence-electron chi connectivity index (χ1n) is 9.90. The third kappa shape index (κ3) is 4.41. The molecule has 1 aliphatic rings. The summed E-state index contributed by atoms with van der Waals surface area (Å²) < 4.78 is 33.9. The Morgan fingerprint density at radius 3 is 2.47 bits per heavy atom. The first-order chi connectivity index (χ1) is 14.5. The molecule has 0 atom stereocenters. The van der Waals surface area contributed by atoms with Crippen molar-refractivity contribution in [1.29, 1.82) is 0 Å². The molecule has 0 saturated carbocycles. The summed E-state index contributed by atoms with van der Waals surface area (Å²) in [7, 11) is -3.52. The summed E-state index contributed by atoms with van der Waals surface area (Å²) in [5.74, 6) is -0.205. The van der Waals surface area contributed by atoms with E-state index < -0.39 is 15.8 Å². The topological polar surface area (TPSA) is 88.7 Å². The molecule has 0 N–H and O–H groups in total. The first kappa shape index (κ1) is 21.0. The van der Waals surface area contributed by atoms with Gasteiger partial charge in [0.05, 0.1) is 9.77 Å². The monoisotopic (exact) mass is 448 g/mol. The van der Waals surface area contributed by atoms with Gasteiger partial charge in [-0.05, 0) is 35.6 Å². The minimum Gasteiger partial charge on any atom is -0.387 e. The highest BCUT2D eigenvalue weighted by Crippen LogP contribution is 2.22. The quantitative estimate of drug-likeness (QED) is 0.552. The number of hydrogen-bond acceptors (Lipinski definition) is 7. The van der Waals surface area contributed by atoms with Crippen molar-refractivity contribution in [3.8, 4) is 10.8 Å². The van der Waals surface area contributed by atoms with Crippen molar-refractivity contribution in [1.82, 2.24) is 19.0 Å². The Morgan fingerprint density at radius 1 is 1.10 bits per heavy atom. The minimum absolute atomic E-state index is 0.271. The second-order valence-corrected chi connectivity index (χ2v) is 10.1. The van der Waals surface area contributed by atoms with E-state index in [4.69, 9.17) is 4.42 Å². The Labute approximate surface area is 179 Å². The van der Waals surface area contributed by atoms with E-state index in [-0.39, 0.29) is 6.67 Å². The summed E-state index contributed by atoms with van der Waals surface area (Å²) in [5.41, 5.74) is 1.14. The molecule has 0 radical (unpaired) electrons. The lowest BCUT2D eigenvalue weighted by molar-refractivity contribution is 0.142. The molecule has 2 aromatic heterocycles. The smallest absolute Gasteiger partial charge is 0.387 e. The average molecular weight is 449 g/mol. The Morgan fingerprint density at radius 2 is 1.83 bits per heavy atom. The average Bonchev–Trinajstić information content (AvgIpc) is 3.40. The predicted octanol–water partition coefficient (Wildman–Crippen LogP) is 2.48. The number of aromatic nitrogens is 2. The summed E-state index contributed by atoms with van der Waals surface area (Å²) in [6.07, 6.45) is 1.96. The minimum atomic E-state index is -3.52. The number of aryl methyl sites for hydroxylation is 1. The Bertz CT molecular complexity index is 1130. The van der Waals surface area contributed by atoms with Gasteiger partial charge in [-0.15, -0.1) is 16.4 Å². The van der Waals surface area contributed by atoms with Crippen LogP contribution < -0.4 is 5.76 Å². The number of sulfonamides is 1. The molecular weight excluding hydrogens is 424 g/mol. The summed E-state index contributed by atoms with van der Waals surface area (Å²) in [5, 5.41) is 6.15. The van der Waals surface area contributed by atoms with Crippen molar-refractivity contribution in [2.45, 2.75) is 31.3 Å². The second kappa shape index (κ2) is 8.84. The second-order valence-electron chi connectivity index (χ2n) is 7.21. The lowest BCUT2D eigenvalue weighted by Gasteiger charge is -2.33. The number of piperazine rings is 1. The van der Waals surface area contributed by atoms with Crippen molar-refractivity contribution < 1.29 is 12.8 Å². The van der Waals surface area contributed by atoms with E-state index in [1.54, 1.807) is 12.1 Å². The van der Waals surface area contributed by atoms with Crippen LogP contribution in [0.5, 0.6) is 0 Å². The zero-order valence-electron chi connectivity index (χ0n) is 16.7. The van der Waals surface area contributed by atoms with Gasteiger partial charge in [-0.2, -0.15) is 8.99 Å². The van der Waals surface area contributed by atoms with Gasteiger partial charge in [-0.3, -0.25) is 4.90 Å². The molecule has 0 bridgehead atoms. The van der Waals surface area contributed by atoms with Crippen molar-refractivity contribution in [3.05, 3.63) is 57.9 Å². The lowest BCUT2D eigenvalue weighted by atomic mass is 10.1. The van der Waals surface area contributed by atoms with Gasteiger partial charge in [0.1, 0.15) is 6.67 Å². The van der Waals surface area contributed by atoms with E-state index in [1.807, 2.05) is 34.5 Å². The molecule has 8 nitrogen and oxygen atoms in total. The van der Waals surface area contributed by atoms with Gasteiger partial charge in [0, 0.05) is 26.2 Å². The molecule has 0 amide bonds. The Kier molecular flexibility index (Phi) is 6.19. The molecule has 4 rings (SSSR count). The third-order valence-corrected chi connectivity index (χ3v) is 7.87. The molecule has 1 aromatic carbocycles. The highest BCUT2D eigenvalue weighted by molar-refractivity contribution is 7.89. The van der Waals surface area contributed by atoms with Crippen LogP contribution in [0.4, 0.5) is 0 Å². The number of thiophene rings is 1. The molecule has 0 unspecified atom stereocenters. The van der Waals surface area contributed by atoms with Gasteiger partial charge in [0.25, 0.3) is 5.89 Å². The highest BCUT2D eigenvalue weighted by Gasteiger charge is 2.29. The third-order valence-electron chi connectivity index (χ3n) is 5.10. The van der Waals surface area contributed by atoms with Crippen molar-refractivity contribution in [3.63, 3.8) is 0 Å². The maximum absolute atomic E-state index is 12.9. The van der Waals surface area contributed by atoms with Crippen LogP contribution in [-0.2, 0) is 23.1 Å². The summed E-state index contributed by atoms with van der Waals surface area (Å²) in [4.78, 5) is 15.2. The molecule has 1 saturated heterocycles. The Hall–Kier alpha value is -2.27. The van der Waals surface area contributed by atoms with Gasteiger partial charge in [0.2, 0.25) is 10.0 Å². The largest absolute Gasteiger partial charge is 0.438 e. The SMILES string of the molecule is CCCc1ccc(S(=O)(=O)N2CCN(Cn3nc(-c4cccs4)oc3=O)CC2)cc1. The van der Waals surface area contributed by atoms with E-state index in [2.05, 4.69) is 12.0 Å². The van der Waals surface area contributed by atoms with Gasteiger partial charge in [0.15, 0.2) is 0 Å². The number of benzene rings is 1. The van der Waals surface area contributed by atoms with Crippen molar-refractivity contribution in [2.75, 3.05) is 26.2 Å². The van der Waals surface area contributed by atoms with Crippen LogP contribution in [0.3, 0.4) is 0 Å². The molecule has 3 heterocycles. The van der Waals surface area contributed by atoms with E-state index in [1.165, 1.54) is 20.3 Å². The Balaban J connectivity index is 1.38. The molecule has 1 aliphatic heterocycles. The highest BCUT2D eigenvalue weighted by atomic mass is 32.2. The molecule has 0 aliphatic carbocycles. The van der Waals surface area contributed by atoms with Crippen LogP contribution in [0.1, 0.15) is 18.9 Å². The molecule has 3 aromatic rings. The van der Waals surface area contributed by atoms with E-state index >= 15 is 0 Å². The summed E-state index contributed by atoms with van der Waals surface area (Å²) >= 11 is 1.45. The summed E-state index contributed by atoms with van der Waals surface area (Å²) in [6, 6.07) is 10.9. The van der Waals surface area contributed by atoms with Crippen LogP contribution in [0.2, 0.25) is 0 Å². The van der Waals surface area contributed by atoms with Gasteiger partial charge < -0.3 is 4.42 Å². The fourth-order valence-corrected chi connectivity index (χ4v) is 5.53. The fraction of sp³-hybridized carbons (Fsp3) is 0.400. The normalized spacial score (nSPS) is 16.2. The maximum atomic E-state index is 12.9. The van der Waals surface area contributed by atoms with Crippen LogP contribution in [-0.4, -0.2) is 53.6 Å². The maximum Gasteiger partial charge on any atom is 0.438 e. The van der Waals surface area contributed by atoms with Gasteiger partial charge in [-0.25, -0.2) is 13.2 Å².